The van der Waals surface area contributed by atoms with Crippen LogP contribution in [0.1, 0.15) is 15.3 Å². The summed E-state index contributed by atoms with van der Waals surface area (Å²) in [4.78, 5) is 12.9. The van der Waals surface area contributed by atoms with Gasteiger partial charge in [-0.3, -0.25) is 10.1 Å². The lowest BCUT2D eigenvalue weighted by Crippen LogP contribution is -1.99. The highest BCUT2D eigenvalue weighted by atomic mass is 32.1. The van der Waals surface area contributed by atoms with Crippen LogP contribution in [0, 0.1) is 24.0 Å². The van der Waals surface area contributed by atoms with Crippen molar-refractivity contribution in [2.45, 2.75) is 20.4 Å². The Bertz CT molecular complexity index is 618. The first-order chi connectivity index (χ1) is 9.51. The van der Waals surface area contributed by atoms with Crippen molar-refractivity contribution in [1.82, 2.24) is 0 Å². The number of nitro groups is 1. The van der Waals surface area contributed by atoms with E-state index in [0.29, 0.717) is 6.54 Å². The molecule has 0 aliphatic heterocycles. The normalized spacial score (nSPS) is 10.3. The predicted molar refractivity (Wildman–Crippen MR) is 80.8 cm³/mol. The number of nitrogens with zero attached hydrogens (tertiary/aromatic N) is 1. The fourth-order valence-electron chi connectivity index (χ4n) is 1.86. The summed E-state index contributed by atoms with van der Waals surface area (Å²) in [5.74, 6) is 0.263. The topological polar surface area (TPSA) is 64.4 Å². The molecule has 0 fully saturated rings. The lowest BCUT2D eigenvalue weighted by Gasteiger charge is -2.07. The van der Waals surface area contributed by atoms with Crippen molar-refractivity contribution in [2.24, 2.45) is 0 Å². The first-order valence-electron chi connectivity index (χ1n) is 6.13. The highest BCUT2D eigenvalue weighted by Gasteiger charge is 2.14. The van der Waals surface area contributed by atoms with E-state index in [4.69, 9.17) is 4.74 Å². The maximum absolute atomic E-state index is 10.8. The number of benzene rings is 1. The predicted octanol–water partition coefficient (Wildman–Crippen LogP) is 3.89. The van der Waals surface area contributed by atoms with Gasteiger partial charge in [-0.2, -0.15) is 0 Å². The minimum atomic E-state index is -0.450. The molecule has 0 unspecified atom stereocenters. The van der Waals surface area contributed by atoms with Crippen LogP contribution in [0.3, 0.4) is 0 Å². The van der Waals surface area contributed by atoms with Gasteiger partial charge < -0.3 is 10.1 Å². The minimum Gasteiger partial charge on any atom is -0.490 e. The first kappa shape index (κ1) is 14.3. The highest BCUT2D eigenvalue weighted by molar-refractivity contribution is 7.12. The van der Waals surface area contributed by atoms with Gasteiger partial charge in [0.2, 0.25) is 0 Å². The molecule has 0 atom stereocenters. The number of anilines is 1. The van der Waals surface area contributed by atoms with E-state index in [1.165, 1.54) is 28.5 Å². The zero-order chi connectivity index (χ0) is 14.7. The van der Waals surface area contributed by atoms with E-state index >= 15 is 0 Å². The smallest absolute Gasteiger partial charge is 0.311 e. The van der Waals surface area contributed by atoms with E-state index in [1.807, 2.05) is 0 Å². The van der Waals surface area contributed by atoms with Gasteiger partial charge in [-0.25, -0.2) is 0 Å². The van der Waals surface area contributed by atoms with Gasteiger partial charge in [0.15, 0.2) is 5.75 Å². The average Bonchev–Trinajstić information content (AvgIpc) is 2.75. The second kappa shape index (κ2) is 5.92. The second-order valence-corrected chi connectivity index (χ2v) is 5.79. The molecule has 0 aliphatic carbocycles. The highest BCUT2D eigenvalue weighted by Crippen LogP contribution is 2.30. The molecule has 0 spiro atoms. The number of rotatable bonds is 5. The SMILES string of the molecule is COc1cc(NCc2cc(C)c(C)s2)ccc1[N+](=O)[O-]. The summed E-state index contributed by atoms with van der Waals surface area (Å²) >= 11 is 1.75. The molecule has 0 bridgehead atoms. The summed E-state index contributed by atoms with van der Waals surface area (Å²) in [7, 11) is 1.43. The molecule has 0 amide bonds. The van der Waals surface area contributed by atoms with Crippen LogP contribution < -0.4 is 10.1 Å². The monoisotopic (exact) mass is 292 g/mol. The van der Waals surface area contributed by atoms with Gasteiger partial charge >= 0.3 is 5.69 Å². The molecule has 5 nitrogen and oxygen atoms in total. The van der Waals surface area contributed by atoms with Crippen LogP contribution in [0.2, 0.25) is 0 Å². The molecule has 106 valence electrons. The zero-order valence-corrected chi connectivity index (χ0v) is 12.4. The second-order valence-electron chi connectivity index (χ2n) is 4.45. The molecule has 0 radical (unpaired) electrons. The van der Waals surface area contributed by atoms with Gasteiger partial charge in [0, 0.05) is 34.1 Å². The summed E-state index contributed by atoms with van der Waals surface area (Å²) in [6, 6.07) is 6.93. The Balaban J connectivity index is 2.12. The molecule has 2 aromatic rings. The molecular formula is C14H16N2O3S. The van der Waals surface area contributed by atoms with E-state index < -0.39 is 4.92 Å². The van der Waals surface area contributed by atoms with Crippen LogP contribution in [0.4, 0.5) is 11.4 Å². The van der Waals surface area contributed by atoms with Crippen LogP contribution in [-0.4, -0.2) is 12.0 Å². The van der Waals surface area contributed by atoms with Crippen molar-refractivity contribution in [3.05, 3.63) is 49.7 Å². The molecule has 2 rings (SSSR count). The van der Waals surface area contributed by atoms with E-state index in [-0.39, 0.29) is 11.4 Å². The van der Waals surface area contributed by atoms with E-state index in [2.05, 4.69) is 25.2 Å². The number of thiophene rings is 1. The summed E-state index contributed by atoms with van der Waals surface area (Å²) in [6.45, 7) is 4.88. The fourth-order valence-corrected chi connectivity index (χ4v) is 2.86. The van der Waals surface area contributed by atoms with E-state index in [9.17, 15) is 10.1 Å². The van der Waals surface area contributed by atoms with Crippen LogP contribution in [-0.2, 0) is 6.54 Å². The van der Waals surface area contributed by atoms with E-state index in [0.717, 1.165) is 5.69 Å². The van der Waals surface area contributed by atoms with Gasteiger partial charge in [0.1, 0.15) is 0 Å². The Morgan fingerprint density at radius 2 is 2.10 bits per heavy atom. The number of methoxy groups -OCH3 is 1. The van der Waals surface area contributed by atoms with Crippen molar-refractivity contribution < 1.29 is 9.66 Å². The van der Waals surface area contributed by atoms with Crippen LogP contribution in [0.15, 0.2) is 24.3 Å². The van der Waals surface area contributed by atoms with Crippen molar-refractivity contribution in [3.63, 3.8) is 0 Å². The average molecular weight is 292 g/mol. The molecule has 0 aliphatic rings. The van der Waals surface area contributed by atoms with Crippen molar-refractivity contribution in [2.75, 3.05) is 12.4 Å². The molecule has 1 N–H and O–H groups in total. The summed E-state index contributed by atoms with van der Waals surface area (Å²) < 4.78 is 5.04. The van der Waals surface area contributed by atoms with Crippen LogP contribution in [0.25, 0.3) is 0 Å². The third-order valence-electron chi connectivity index (χ3n) is 3.06. The standard InChI is InChI=1S/C14H16N2O3S/c1-9-6-12(20-10(9)2)8-15-11-4-5-13(16(17)18)14(7-11)19-3/h4-7,15H,8H2,1-3H3. The van der Waals surface area contributed by atoms with Crippen LogP contribution in [0.5, 0.6) is 5.75 Å². The first-order valence-corrected chi connectivity index (χ1v) is 6.95. The fraction of sp³-hybridized carbons (Fsp3) is 0.286. The van der Waals surface area contributed by atoms with Crippen molar-refractivity contribution >= 4 is 22.7 Å². The molecule has 20 heavy (non-hydrogen) atoms. The number of nitro benzene ring substituents is 1. The lowest BCUT2D eigenvalue weighted by molar-refractivity contribution is -0.385. The maximum Gasteiger partial charge on any atom is 0.311 e. The summed E-state index contributed by atoms with van der Waals surface area (Å²) in [6.07, 6.45) is 0. The van der Waals surface area contributed by atoms with Gasteiger partial charge in [0.05, 0.1) is 12.0 Å². The lowest BCUT2D eigenvalue weighted by atomic mass is 10.2. The molecule has 1 heterocycles. The van der Waals surface area contributed by atoms with Gasteiger partial charge in [-0.1, -0.05) is 0 Å². The largest absolute Gasteiger partial charge is 0.490 e. The third kappa shape index (κ3) is 3.08. The molecule has 0 saturated carbocycles. The number of hydrogen-bond donors (Lipinski definition) is 1. The van der Waals surface area contributed by atoms with E-state index in [1.54, 1.807) is 23.5 Å². The number of ether oxygens (including phenoxy) is 1. The molecule has 1 aromatic heterocycles. The summed E-state index contributed by atoms with van der Waals surface area (Å²) in [5.41, 5.74) is 2.06. The Labute approximate surface area is 121 Å². The number of hydrogen-bond acceptors (Lipinski definition) is 5. The maximum atomic E-state index is 10.8. The molecule has 1 aromatic carbocycles. The Morgan fingerprint density at radius 3 is 2.65 bits per heavy atom. The van der Waals surface area contributed by atoms with Crippen LogP contribution >= 0.6 is 11.3 Å². The van der Waals surface area contributed by atoms with Crippen molar-refractivity contribution in [3.8, 4) is 5.75 Å². The van der Waals surface area contributed by atoms with Gasteiger partial charge in [0.25, 0.3) is 0 Å². The minimum absolute atomic E-state index is 0.0270. The Kier molecular flexibility index (Phi) is 4.24. The van der Waals surface area contributed by atoms with Gasteiger partial charge in [-0.05, 0) is 31.5 Å². The number of aryl methyl sites for hydroxylation is 2. The molecule has 6 heteroatoms. The number of nitrogens with one attached hydrogen (secondary N) is 1. The summed E-state index contributed by atoms with van der Waals surface area (Å²) in [5, 5.41) is 14.1. The molecular weight excluding hydrogens is 276 g/mol. The Hall–Kier alpha value is -2.08. The zero-order valence-electron chi connectivity index (χ0n) is 11.6. The Morgan fingerprint density at radius 1 is 1.35 bits per heavy atom. The third-order valence-corrected chi connectivity index (χ3v) is 4.21. The molecule has 0 saturated heterocycles. The van der Waals surface area contributed by atoms with Gasteiger partial charge in [-0.15, -0.1) is 11.3 Å². The van der Waals surface area contributed by atoms with Crippen molar-refractivity contribution in [1.29, 1.82) is 0 Å². The quantitative estimate of drug-likeness (QED) is 0.670.